The molecule has 1 saturated heterocycles. The Kier molecular flexibility index (Phi) is 5.14. The Labute approximate surface area is 142 Å². The molecule has 1 aliphatic carbocycles. The molecule has 0 radical (unpaired) electrons. The van der Waals surface area contributed by atoms with Gasteiger partial charge in [0.15, 0.2) is 0 Å². The molecule has 24 heavy (non-hydrogen) atoms. The first-order valence-electron chi connectivity index (χ1n) is 8.63. The van der Waals surface area contributed by atoms with Crippen LogP contribution in [0, 0.1) is 24.6 Å². The smallest absolute Gasteiger partial charge is 0.257 e. The number of nitrogens with zero attached hydrogens (tertiary/aromatic N) is 1. The summed E-state index contributed by atoms with van der Waals surface area (Å²) in [7, 11) is 0. The van der Waals surface area contributed by atoms with Crippen LogP contribution in [0.4, 0.5) is 4.39 Å². The van der Waals surface area contributed by atoms with Crippen molar-refractivity contribution in [1.29, 1.82) is 0 Å². The van der Waals surface area contributed by atoms with Gasteiger partial charge in [0.25, 0.3) is 5.91 Å². The number of rotatable bonds is 3. The third-order valence-corrected chi connectivity index (χ3v) is 5.20. The number of piperidine rings is 1. The summed E-state index contributed by atoms with van der Waals surface area (Å²) in [6.45, 7) is 2.43. The minimum Gasteiger partial charge on any atom is -0.396 e. The predicted octanol–water partition coefficient (Wildman–Crippen LogP) is 3.48. The third kappa shape index (κ3) is 3.16. The molecule has 2 aliphatic rings. The number of aliphatic hydroxyl groups is 1. The molecule has 128 valence electrons. The molecular weight excluding hydrogens is 305 g/mol. The van der Waals surface area contributed by atoms with Crippen LogP contribution in [0.25, 0.3) is 0 Å². The van der Waals surface area contributed by atoms with Gasteiger partial charge in [0, 0.05) is 31.0 Å². The Morgan fingerprint density at radius 1 is 1.38 bits per heavy atom. The largest absolute Gasteiger partial charge is 0.396 e. The molecule has 1 aliphatic heterocycles. The van der Waals surface area contributed by atoms with Crippen molar-refractivity contribution in [2.24, 2.45) is 11.8 Å². The minimum absolute atomic E-state index is 0.0379. The quantitative estimate of drug-likeness (QED) is 0.922. The van der Waals surface area contributed by atoms with Crippen molar-refractivity contribution in [2.45, 2.75) is 32.2 Å². The number of aryl methyl sites for hydroxylation is 1. The number of amides is 1. The Bertz CT molecular complexity index is 647. The topological polar surface area (TPSA) is 40.5 Å². The first-order chi connectivity index (χ1) is 11.6. The highest BCUT2D eigenvalue weighted by molar-refractivity contribution is 5.96. The average molecular weight is 329 g/mol. The summed E-state index contributed by atoms with van der Waals surface area (Å²) in [6, 6.07) is 4.64. The maximum absolute atomic E-state index is 14.3. The van der Waals surface area contributed by atoms with Gasteiger partial charge in [-0.25, -0.2) is 4.39 Å². The van der Waals surface area contributed by atoms with Crippen LogP contribution in [0.1, 0.15) is 35.2 Å². The number of carbonyl (C=O) groups is 1. The van der Waals surface area contributed by atoms with Gasteiger partial charge in [-0.3, -0.25) is 4.79 Å². The molecule has 3 atom stereocenters. The van der Waals surface area contributed by atoms with Crippen LogP contribution < -0.4 is 0 Å². The first kappa shape index (κ1) is 16.9. The van der Waals surface area contributed by atoms with Gasteiger partial charge >= 0.3 is 0 Å². The van der Waals surface area contributed by atoms with Crippen molar-refractivity contribution in [3.63, 3.8) is 0 Å². The number of hydrogen-bond acceptors (Lipinski definition) is 2. The van der Waals surface area contributed by atoms with E-state index >= 15 is 0 Å². The van der Waals surface area contributed by atoms with Gasteiger partial charge in [0.1, 0.15) is 5.82 Å². The van der Waals surface area contributed by atoms with E-state index in [0.717, 1.165) is 19.3 Å². The van der Waals surface area contributed by atoms with Crippen molar-refractivity contribution in [3.8, 4) is 0 Å². The first-order valence-corrected chi connectivity index (χ1v) is 8.63. The van der Waals surface area contributed by atoms with E-state index in [1.54, 1.807) is 24.0 Å². The number of carbonyl (C=O) groups excluding carboxylic acids is 1. The number of likely N-dealkylation sites (tertiary alicyclic amines) is 1. The van der Waals surface area contributed by atoms with E-state index in [0.29, 0.717) is 12.1 Å². The Balaban J connectivity index is 1.95. The molecule has 3 rings (SSSR count). The summed E-state index contributed by atoms with van der Waals surface area (Å²) in [4.78, 5) is 14.9. The number of halogens is 1. The zero-order valence-corrected chi connectivity index (χ0v) is 14.0. The fourth-order valence-electron chi connectivity index (χ4n) is 4.01. The molecule has 1 amide bonds. The molecule has 0 aromatic heterocycles. The van der Waals surface area contributed by atoms with Gasteiger partial charge in [-0.15, -0.1) is 0 Å². The Morgan fingerprint density at radius 3 is 2.88 bits per heavy atom. The molecule has 1 N–H and O–H groups in total. The SMILES string of the molecule is Cc1cccc(F)c1C(=O)N1CCC[C@H](CO)C1[C@@H]1C=CC=CC1. The van der Waals surface area contributed by atoms with Gasteiger partial charge in [-0.05, 0) is 37.8 Å². The predicted molar refractivity (Wildman–Crippen MR) is 92.2 cm³/mol. The van der Waals surface area contributed by atoms with E-state index in [-0.39, 0.29) is 36.0 Å². The van der Waals surface area contributed by atoms with Crippen LogP contribution in [0.2, 0.25) is 0 Å². The molecule has 0 saturated carbocycles. The number of allylic oxidation sites excluding steroid dienone is 3. The van der Waals surface area contributed by atoms with Crippen molar-refractivity contribution < 1.29 is 14.3 Å². The molecule has 1 fully saturated rings. The average Bonchev–Trinajstić information content (AvgIpc) is 2.61. The Hall–Kier alpha value is -1.94. The van der Waals surface area contributed by atoms with E-state index in [1.165, 1.54) is 6.07 Å². The second-order valence-corrected chi connectivity index (χ2v) is 6.72. The van der Waals surface area contributed by atoms with Crippen LogP contribution >= 0.6 is 0 Å². The molecule has 1 aromatic carbocycles. The van der Waals surface area contributed by atoms with Crippen molar-refractivity contribution in [2.75, 3.05) is 13.2 Å². The van der Waals surface area contributed by atoms with E-state index in [1.807, 2.05) is 12.2 Å². The maximum Gasteiger partial charge on any atom is 0.257 e. The van der Waals surface area contributed by atoms with Crippen molar-refractivity contribution in [1.82, 2.24) is 4.90 Å². The number of hydrogen-bond donors (Lipinski definition) is 1. The summed E-state index contributed by atoms with van der Waals surface area (Å²) in [6.07, 6.45) is 10.8. The summed E-state index contributed by atoms with van der Waals surface area (Å²) in [5.41, 5.74) is 0.820. The monoisotopic (exact) mass is 329 g/mol. The highest BCUT2D eigenvalue weighted by Crippen LogP contribution is 2.34. The molecule has 0 spiro atoms. The zero-order chi connectivity index (χ0) is 17.1. The van der Waals surface area contributed by atoms with E-state index in [9.17, 15) is 14.3 Å². The van der Waals surface area contributed by atoms with Gasteiger partial charge in [-0.2, -0.15) is 0 Å². The van der Waals surface area contributed by atoms with Crippen LogP contribution in [-0.4, -0.2) is 35.1 Å². The molecule has 1 heterocycles. The summed E-state index contributed by atoms with van der Waals surface area (Å²) >= 11 is 0. The fourth-order valence-corrected chi connectivity index (χ4v) is 4.01. The Morgan fingerprint density at radius 2 is 2.21 bits per heavy atom. The summed E-state index contributed by atoms with van der Waals surface area (Å²) in [5, 5.41) is 9.82. The molecule has 3 nitrogen and oxygen atoms in total. The molecule has 0 bridgehead atoms. The second kappa shape index (κ2) is 7.31. The lowest BCUT2D eigenvalue weighted by Crippen LogP contribution is -2.53. The lowest BCUT2D eigenvalue weighted by molar-refractivity contribution is 0.0254. The van der Waals surface area contributed by atoms with E-state index < -0.39 is 5.82 Å². The number of aliphatic hydroxyl groups excluding tert-OH is 1. The second-order valence-electron chi connectivity index (χ2n) is 6.72. The van der Waals surface area contributed by atoms with Crippen molar-refractivity contribution >= 4 is 5.91 Å². The standard InChI is InChI=1S/C20H24FNO2/c1-14-7-5-11-17(21)18(14)20(24)22-12-6-10-16(13-23)19(22)15-8-3-2-4-9-15/h2-5,7-8,11,15-16,19,23H,6,9-10,12-13H2,1H3/t15-,16-,19?/m1/s1. The molecule has 1 aromatic rings. The van der Waals surface area contributed by atoms with E-state index in [4.69, 9.17) is 0 Å². The normalized spacial score (nSPS) is 26.6. The van der Waals surface area contributed by atoms with Gasteiger partial charge in [-0.1, -0.05) is 36.4 Å². The number of benzene rings is 1. The van der Waals surface area contributed by atoms with Gasteiger partial charge in [0.2, 0.25) is 0 Å². The van der Waals surface area contributed by atoms with Crippen LogP contribution in [0.15, 0.2) is 42.5 Å². The molecule has 4 heteroatoms. The molecular formula is C20H24FNO2. The van der Waals surface area contributed by atoms with Crippen LogP contribution in [0.3, 0.4) is 0 Å². The lowest BCUT2D eigenvalue weighted by atomic mass is 9.78. The lowest BCUT2D eigenvalue weighted by Gasteiger charge is -2.44. The summed E-state index contributed by atoms with van der Waals surface area (Å²) < 4.78 is 14.3. The molecule has 1 unspecified atom stereocenters. The van der Waals surface area contributed by atoms with Crippen LogP contribution in [-0.2, 0) is 0 Å². The highest BCUT2D eigenvalue weighted by Gasteiger charge is 2.39. The van der Waals surface area contributed by atoms with Gasteiger partial charge in [0.05, 0.1) is 5.56 Å². The van der Waals surface area contributed by atoms with Gasteiger partial charge < -0.3 is 10.0 Å². The minimum atomic E-state index is -0.469. The highest BCUT2D eigenvalue weighted by atomic mass is 19.1. The van der Waals surface area contributed by atoms with E-state index in [2.05, 4.69) is 12.2 Å². The zero-order valence-electron chi connectivity index (χ0n) is 14.0. The third-order valence-electron chi connectivity index (χ3n) is 5.20. The fraction of sp³-hybridized carbons (Fsp3) is 0.450. The van der Waals surface area contributed by atoms with Crippen LogP contribution in [0.5, 0.6) is 0 Å². The maximum atomic E-state index is 14.3. The van der Waals surface area contributed by atoms with Crippen molar-refractivity contribution in [3.05, 3.63) is 59.4 Å². The summed E-state index contributed by atoms with van der Waals surface area (Å²) in [5.74, 6) is -0.514.